The molecule has 4 heteroatoms. The quantitative estimate of drug-likeness (QED) is 0.590. The van der Waals surface area contributed by atoms with Crippen molar-refractivity contribution in [3.63, 3.8) is 0 Å². The van der Waals surface area contributed by atoms with Crippen molar-refractivity contribution >= 4 is 17.2 Å². The Morgan fingerprint density at radius 1 is 1.04 bits per heavy atom. The largest absolute Gasteiger partial charge is 0.397 e. The number of hydrogen-bond donors (Lipinski definition) is 3. The molecule has 0 heterocycles. The number of benzene rings is 2. The summed E-state index contributed by atoms with van der Waals surface area (Å²) in [4.78, 5) is 11.4. The molecule has 0 aliphatic heterocycles. The molecule has 1 aliphatic rings. The Bertz CT molecular complexity index is 717. The molecule has 1 saturated carbocycles. The van der Waals surface area contributed by atoms with E-state index in [1.807, 2.05) is 36.4 Å². The van der Waals surface area contributed by atoms with Crippen LogP contribution in [0.15, 0.2) is 42.5 Å². The Hall–Kier alpha value is -2.33. The molecule has 1 fully saturated rings. The lowest BCUT2D eigenvalue weighted by Crippen LogP contribution is -2.28. The van der Waals surface area contributed by atoms with E-state index in [2.05, 4.69) is 11.4 Å². The minimum atomic E-state index is -0.161. The van der Waals surface area contributed by atoms with Crippen molar-refractivity contribution in [2.24, 2.45) is 0 Å². The summed E-state index contributed by atoms with van der Waals surface area (Å²) in [5.74, 6) is 0.0701. The molecule has 2 aromatic carbocycles. The standard InChI is InChI=1S/C20H24N2O2/c1-13(23)14-2-4-15(5-3-14)16-6-11-19(21)20(12-16)22-17-7-9-18(24)10-8-17/h2-6,11-12,17-18,22,24H,7-10,21H2,1H3. The molecule has 0 bridgehead atoms. The second kappa shape index (κ2) is 7.05. The lowest BCUT2D eigenvalue weighted by Gasteiger charge is -2.27. The number of nitrogens with two attached hydrogens (primary N) is 1. The maximum Gasteiger partial charge on any atom is 0.159 e. The monoisotopic (exact) mass is 324 g/mol. The van der Waals surface area contributed by atoms with Gasteiger partial charge in [-0.25, -0.2) is 0 Å². The van der Waals surface area contributed by atoms with Crippen LogP contribution in [0.4, 0.5) is 11.4 Å². The maximum atomic E-state index is 11.4. The lowest BCUT2D eigenvalue weighted by atomic mass is 9.92. The van der Waals surface area contributed by atoms with Gasteiger partial charge in [0.1, 0.15) is 0 Å². The van der Waals surface area contributed by atoms with Gasteiger partial charge >= 0.3 is 0 Å². The molecule has 0 aromatic heterocycles. The summed E-state index contributed by atoms with van der Waals surface area (Å²) in [6.07, 6.45) is 3.43. The number of nitrogen functional groups attached to an aromatic ring is 1. The molecule has 2 aromatic rings. The zero-order valence-electron chi connectivity index (χ0n) is 14.0. The third-order valence-electron chi connectivity index (χ3n) is 4.73. The fourth-order valence-electron chi connectivity index (χ4n) is 3.20. The number of aliphatic hydroxyl groups excluding tert-OH is 1. The van der Waals surface area contributed by atoms with Gasteiger partial charge in [0.15, 0.2) is 5.78 Å². The first-order valence-corrected chi connectivity index (χ1v) is 8.48. The highest BCUT2D eigenvalue weighted by molar-refractivity contribution is 5.94. The van der Waals surface area contributed by atoms with Crippen LogP contribution in [0.25, 0.3) is 11.1 Å². The third kappa shape index (κ3) is 3.77. The van der Waals surface area contributed by atoms with E-state index in [1.165, 1.54) is 0 Å². The molecule has 4 N–H and O–H groups in total. The van der Waals surface area contributed by atoms with Crippen LogP contribution in [0.5, 0.6) is 0 Å². The molecular weight excluding hydrogens is 300 g/mol. The van der Waals surface area contributed by atoms with E-state index < -0.39 is 0 Å². The molecule has 3 rings (SSSR count). The van der Waals surface area contributed by atoms with Crippen molar-refractivity contribution in [3.8, 4) is 11.1 Å². The van der Waals surface area contributed by atoms with Gasteiger partial charge in [-0.3, -0.25) is 4.79 Å². The van der Waals surface area contributed by atoms with Crippen molar-refractivity contribution in [2.45, 2.75) is 44.8 Å². The van der Waals surface area contributed by atoms with Crippen LogP contribution >= 0.6 is 0 Å². The first-order chi connectivity index (χ1) is 11.5. The molecule has 0 amide bonds. The first-order valence-electron chi connectivity index (χ1n) is 8.48. The number of anilines is 2. The number of Topliss-reactive ketones (excluding diaryl/α,β-unsaturated/α-hetero) is 1. The van der Waals surface area contributed by atoms with Crippen LogP contribution < -0.4 is 11.1 Å². The number of hydrogen-bond acceptors (Lipinski definition) is 4. The van der Waals surface area contributed by atoms with Gasteiger partial charge in [-0.15, -0.1) is 0 Å². The summed E-state index contributed by atoms with van der Waals surface area (Å²) < 4.78 is 0. The Morgan fingerprint density at radius 3 is 2.29 bits per heavy atom. The second-order valence-corrected chi connectivity index (χ2v) is 6.59. The van der Waals surface area contributed by atoms with Crippen LogP contribution in [-0.4, -0.2) is 23.0 Å². The van der Waals surface area contributed by atoms with Gasteiger partial charge in [-0.2, -0.15) is 0 Å². The van der Waals surface area contributed by atoms with Gasteiger partial charge in [-0.1, -0.05) is 30.3 Å². The highest BCUT2D eigenvalue weighted by Gasteiger charge is 2.19. The number of carbonyl (C=O) groups is 1. The van der Waals surface area contributed by atoms with Gasteiger partial charge in [0.2, 0.25) is 0 Å². The summed E-state index contributed by atoms with van der Waals surface area (Å²) in [5, 5.41) is 13.1. The second-order valence-electron chi connectivity index (χ2n) is 6.59. The van der Waals surface area contributed by atoms with E-state index in [-0.39, 0.29) is 11.9 Å². The molecule has 0 atom stereocenters. The Morgan fingerprint density at radius 2 is 1.67 bits per heavy atom. The average Bonchev–Trinajstić information content (AvgIpc) is 2.59. The normalized spacial score (nSPS) is 20.6. The Balaban J connectivity index is 1.79. The molecule has 0 unspecified atom stereocenters. The van der Waals surface area contributed by atoms with E-state index in [4.69, 9.17) is 5.73 Å². The van der Waals surface area contributed by atoms with Gasteiger partial charge in [0.25, 0.3) is 0 Å². The van der Waals surface area contributed by atoms with E-state index in [1.54, 1.807) is 6.92 Å². The van der Waals surface area contributed by atoms with Crippen LogP contribution in [0, 0.1) is 0 Å². The molecule has 0 spiro atoms. The Labute approximate surface area is 142 Å². The lowest BCUT2D eigenvalue weighted by molar-refractivity contribution is 0.101. The highest BCUT2D eigenvalue weighted by atomic mass is 16.3. The minimum absolute atomic E-state index is 0.0701. The molecule has 24 heavy (non-hydrogen) atoms. The van der Waals surface area contributed by atoms with Crippen molar-refractivity contribution in [1.29, 1.82) is 0 Å². The number of aliphatic hydroxyl groups is 1. The fourth-order valence-corrected chi connectivity index (χ4v) is 3.20. The van der Waals surface area contributed by atoms with E-state index >= 15 is 0 Å². The average molecular weight is 324 g/mol. The van der Waals surface area contributed by atoms with Crippen molar-refractivity contribution in [3.05, 3.63) is 48.0 Å². The topological polar surface area (TPSA) is 75.4 Å². The Kier molecular flexibility index (Phi) is 4.86. The summed E-state index contributed by atoms with van der Waals surface area (Å²) in [6.45, 7) is 1.57. The van der Waals surface area contributed by atoms with Crippen molar-refractivity contribution < 1.29 is 9.90 Å². The first kappa shape index (κ1) is 16.5. The predicted molar refractivity (Wildman–Crippen MR) is 98.2 cm³/mol. The van der Waals surface area contributed by atoms with Gasteiger partial charge in [-0.05, 0) is 55.9 Å². The van der Waals surface area contributed by atoms with Gasteiger partial charge in [0.05, 0.1) is 17.5 Å². The zero-order chi connectivity index (χ0) is 17.1. The minimum Gasteiger partial charge on any atom is -0.397 e. The van der Waals surface area contributed by atoms with Crippen LogP contribution in [-0.2, 0) is 0 Å². The SMILES string of the molecule is CC(=O)c1ccc(-c2ccc(N)c(NC3CCC(O)CC3)c2)cc1. The molecule has 126 valence electrons. The third-order valence-corrected chi connectivity index (χ3v) is 4.73. The van der Waals surface area contributed by atoms with Gasteiger partial charge < -0.3 is 16.2 Å². The number of ketones is 1. The predicted octanol–water partition coefficient (Wildman–Crippen LogP) is 3.85. The zero-order valence-corrected chi connectivity index (χ0v) is 14.0. The van der Waals surface area contributed by atoms with Crippen molar-refractivity contribution in [1.82, 2.24) is 0 Å². The number of rotatable bonds is 4. The van der Waals surface area contributed by atoms with Crippen LogP contribution in [0.2, 0.25) is 0 Å². The summed E-state index contributed by atoms with van der Waals surface area (Å²) in [6, 6.07) is 13.9. The molecule has 0 saturated heterocycles. The van der Waals surface area contributed by atoms with E-state index in [0.29, 0.717) is 11.6 Å². The van der Waals surface area contributed by atoms with E-state index in [9.17, 15) is 9.90 Å². The maximum absolute atomic E-state index is 11.4. The molecular formula is C20H24N2O2. The molecule has 0 radical (unpaired) electrons. The van der Waals surface area contributed by atoms with Gasteiger partial charge in [0, 0.05) is 11.6 Å². The summed E-state index contributed by atoms with van der Waals surface area (Å²) in [7, 11) is 0. The van der Waals surface area contributed by atoms with Crippen LogP contribution in [0.3, 0.4) is 0 Å². The van der Waals surface area contributed by atoms with Crippen LogP contribution in [0.1, 0.15) is 43.0 Å². The molecule has 4 nitrogen and oxygen atoms in total. The fraction of sp³-hybridized carbons (Fsp3) is 0.350. The van der Waals surface area contributed by atoms with Crippen molar-refractivity contribution in [2.75, 3.05) is 11.1 Å². The molecule has 1 aliphatic carbocycles. The number of carbonyl (C=O) groups excluding carboxylic acids is 1. The van der Waals surface area contributed by atoms with E-state index in [0.717, 1.165) is 48.2 Å². The smallest absolute Gasteiger partial charge is 0.159 e. The summed E-state index contributed by atoms with van der Waals surface area (Å²) >= 11 is 0. The summed E-state index contributed by atoms with van der Waals surface area (Å²) in [5.41, 5.74) is 10.6. The highest BCUT2D eigenvalue weighted by Crippen LogP contribution is 2.30. The number of nitrogens with one attached hydrogen (secondary N) is 1.